The largest absolute Gasteiger partial charge is 0.508 e. The average molecular weight is 330 g/mol. The van der Waals surface area contributed by atoms with Crippen molar-refractivity contribution in [3.05, 3.63) is 102 Å². The Labute approximate surface area is 151 Å². The van der Waals surface area contributed by atoms with Gasteiger partial charge in [-0.2, -0.15) is 0 Å². The van der Waals surface area contributed by atoms with E-state index >= 15 is 0 Å². The second kappa shape index (κ2) is 9.08. The first-order chi connectivity index (χ1) is 12.3. The van der Waals surface area contributed by atoms with Crippen LogP contribution in [-0.2, 0) is 6.42 Å². The van der Waals surface area contributed by atoms with Gasteiger partial charge in [-0.25, -0.2) is 0 Å². The molecule has 3 rings (SSSR count). The fraction of sp³-hybridized carbons (Fsp3) is 0.250. The van der Waals surface area contributed by atoms with Gasteiger partial charge in [-0.05, 0) is 42.0 Å². The quantitative estimate of drug-likeness (QED) is 0.479. The number of benzene rings is 3. The van der Waals surface area contributed by atoms with Crippen LogP contribution in [0, 0.1) is 0 Å². The van der Waals surface area contributed by atoms with E-state index in [2.05, 4.69) is 60.7 Å². The van der Waals surface area contributed by atoms with Crippen molar-refractivity contribution in [2.24, 2.45) is 0 Å². The van der Waals surface area contributed by atoms with Gasteiger partial charge >= 0.3 is 0 Å². The van der Waals surface area contributed by atoms with Gasteiger partial charge in [0.25, 0.3) is 0 Å². The van der Waals surface area contributed by atoms with E-state index in [1.165, 1.54) is 24.0 Å². The average Bonchev–Trinajstić information content (AvgIpc) is 2.67. The molecular weight excluding hydrogens is 304 g/mol. The highest BCUT2D eigenvalue weighted by Gasteiger charge is 2.13. The maximum atomic E-state index is 9.85. The van der Waals surface area contributed by atoms with Gasteiger partial charge in [-0.1, -0.05) is 91.7 Å². The molecule has 0 bridgehead atoms. The van der Waals surface area contributed by atoms with Crippen molar-refractivity contribution >= 4 is 0 Å². The summed E-state index contributed by atoms with van der Waals surface area (Å²) in [7, 11) is 0. The Kier molecular flexibility index (Phi) is 6.28. The van der Waals surface area contributed by atoms with Gasteiger partial charge in [0.1, 0.15) is 5.75 Å². The number of unbranched alkanes of at least 4 members (excludes halogenated alkanes) is 2. The van der Waals surface area contributed by atoms with E-state index in [-0.39, 0.29) is 0 Å². The molecule has 0 heterocycles. The number of rotatable bonds is 8. The van der Waals surface area contributed by atoms with Gasteiger partial charge in [0.05, 0.1) is 0 Å². The summed E-state index contributed by atoms with van der Waals surface area (Å²) in [5, 5.41) is 9.85. The van der Waals surface area contributed by atoms with Crippen molar-refractivity contribution in [3.8, 4) is 5.75 Å². The van der Waals surface area contributed by atoms with Crippen LogP contribution in [0.4, 0.5) is 0 Å². The molecule has 1 heteroatoms. The van der Waals surface area contributed by atoms with Crippen molar-refractivity contribution in [1.29, 1.82) is 0 Å². The van der Waals surface area contributed by atoms with Crippen LogP contribution >= 0.6 is 0 Å². The molecule has 0 amide bonds. The second-order valence-electron chi connectivity index (χ2n) is 6.60. The van der Waals surface area contributed by atoms with Crippen LogP contribution in [0.2, 0.25) is 0 Å². The number of aromatic hydroxyl groups is 1. The summed E-state index contributed by atoms with van der Waals surface area (Å²) in [5.41, 5.74) is 3.86. The molecule has 0 aliphatic rings. The van der Waals surface area contributed by atoms with Crippen molar-refractivity contribution < 1.29 is 5.11 Å². The second-order valence-corrected chi connectivity index (χ2v) is 6.60. The van der Waals surface area contributed by atoms with Crippen LogP contribution < -0.4 is 0 Å². The predicted octanol–water partition coefficient (Wildman–Crippen LogP) is 6.33. The van der Waals surface area contributed by atoms with E-state index in [1.54, 1.807) is 6.07 Å². The Bertz CT molecular complexity index is 710. The summed E-state index contributed by atoms with van der Waals surface area (Å²) in [6, 6.07) is 29.3. The van der Waals surface area contributed by atoms with Crippen molar-refractivity contribution in [3.63, 3.8) is 0 Å². The summed E-state index contributed by atoms with van der Waals surface area (Å²) in [5.74, 6) is 0.890. The SMILES string of the molecule is Oc1ccccc1CCCCCC(c1ccccc1)c1ccccc1. The molecule has 0 saturated carbocycles. The molecule has 0 aromatic heterocycles. The zero-order chi connectivity index (χ0) is 17.3. The predicted molar refractivity (Wildman–Crippen MR) is 105 cm³/mol. The third-order valence-electron chi connectivity index (χ3n) is 4.83. The molecule has 0 aliphatic carbocycles. The van der Waals surface area contributed by atoms with Gasteiger partial charge in [0.15, 0.2) is 0 Å². The third kappa shape index (κ3) is 4.96. The molecule has 0 saturated heterocycles. The molecule has 0 fully saturated rings. The van der Waals surface area contributed by atoms with Gasteiger partial charge in [0.2, 0.25) is 0 Å². The minimum absolute atomic E-state index is 0.425. The smallest absolute Gasteiger partial charge is 0.118 e. The number of aryl methyl sites for hydroxylation is 1. The molecule has 0 radical (unpaired) electrons. The maximum absolute atomic E-state index is 9.85. The van der Waals surface area contributed by atoms with Crippen LogP contribution in [0.1, 0.15) is 48.3 Å². The number of hydrogen-bond acceptors (Lipinski definition) is 1. The summed E-state index contributed by atoms with van der Waals surface area (Å²) in [6.07, 6.45) is 5.61. The lowest BCUT2D eigenvalue weighted by Crippen LogP contribution is -2.01. The van der Waals surface area contributed by atoms with Crippen LogP contribution in [0.25, 0.3) is 0 Å². The highest BCUT2D eigenvalue weighted by atomic mass is 16.3. The van der Waals surface area contributed by atoms with Crippen molar-refractivity contribution in [2.45, 2.75) is 38.0 Å². The Morgan fingerprint density at radius 1 is 0.600 bits per heavy atom. The van der Waals surface area contributed by atoms with E-state index < -0.39 is 0 Å². The zero-order valence-electron chi connectivity index (χ0n) is 14.6. The molecule has 0 aliphatic heterocycles. The summed E-state index contributed by atoms with van der Waals surface area (Å²) in [4.78, 5) is 0. The monoisotopic (exact) mass is 330 g/mol. The minimum Gasteiger partial charge on any atom is -0.508 e. The van der Waals surface area contributed by atoms with E-state index in [1.807, 2.05) is 18.2 Å². The number of phenolic OH excluding ortho intramolecular Hbond substituents is 1. The minimum atomic E-state index is 0.425. The standard InChI is InChI=1S/C24H26O/c25-24-19-11-10-17-22(24)16-8-3-9-18-23(20-12-4-1-5-13-20)21-14-6-2-7-15-21/h1-2,4-7,10-15,17,19,23,25H,3,8-9,16,18H2. The molecule has 1 nitrogen and oxygen atoms in total. The van der Waals surface area contributed by atoms with E-state index in [9.17, 15) is 5.11 Å². The Morgan fingerprint density at radius 2 is 1.16 bits per heavy atom. The molecule has 0 atom stereocenters. The molecule has 0 unspecified atom stereocenters. The molecule has 1 N–H and O–H groups in total. The fourth-order valence-electron chi connectivity index (χ4n) is 3.46. The third-order valence-corrected chi connectivity index (χ3v) is 4.83. The molecule has 128 valence electrons. The lowest BCUT2D eigenvalue weighted by molar-refractivity contribution is 0.466. The van der Waals surface area contributed by atoms with Gasteiger partial charge in [0, 0.05) is 5.92 Å². The normalized spacial score (nSPS) is 10.9. The van der Waals surface area contributed by atoms with Gasteiger partial charge < -0.3 is 5.11 Å². The summed E-state index contributed by atoms with van der Waals surface area (Å²) in [6.45, 7) is 0. The lowest BCUT2D eigenvalue weighted by atomic mass is 9.87. The molecule has 25 heavy (non-hydrogen) atoms. The molecule has 0 spiro atoms. The topological polar surface area (TPSA) is 20.2 Å². The van der Waals surface area contributed by atoms with Gasteiger partial charge in [-0.15, -0.1) is 0 Å². The number of phenols is 1. The number of para-hydroxylation sites is 1. The van der Waals surface area contributed by atoms with Crippen molar-refractivity contribution in [2.75, 3.05) is 0 Å². The van der Waals surface area contributed by atoms with Crippen LogP contribution in [0.3, 0.4) is 0 Å². The van der Waals surface area contributed by atoms with E-state index in [0.717, 1.165) is 24.8 Å². The van der Waals surface area contributed by atoms with E-state index in [4.69, 9.17) is 0 Å². The number of hydrogen-bond donors (Lipinski definition) is 1. The molecular formula is C24H26O. The van der Waals surface area contributed by atoms with Gasteiger partial charge in [-0.3, -0.25) is 0 Å². The molecule has 3 aromatic carbocycles. The Hall–Kier alpha value is -2.54. The van der Waals surface area contributed by atoms with Crippen molar-refractivity contribution in [1.82, 2.24) is 0 Å². The first-order valence-electron chi connectivity index (χ1n) is 9.21. The zero-order valence-corrected chi connectivity index (χ0v) is 14.6. The van der Waals surface area contributed by atoms with Crippen LogP contribution in [0.5, 0.6) is 5.75 Å². The Balaban J connectivity index is 1.56. The Morgan fingerprint density at radius 3 is 1.76 bits per heavy atom. The van der Waals surface area contributed by atoms with Crippen LogP contribution in [-0.4, -0.2) is 5.11 Å². The fourth-order valence-corrected chi connectivity index (χ4v) is 3.46. The summed E-state index contributed by atoms with van der Waals surface area (Å²) >= 11 is 0. The highest BCUT2D eigenvalue weighted by molar-refractivity contribution is 5.33. The summed E-state index contributed by atoms with van der Waals surface area (Å²) < 4.78 is 0. The first kappa shape index (κ1) is 17.3. The lowest BCUT2D eigenvalue weighted by Gasteiger charge is -2.18. The van der Waals surface area contributed by atoms with E-state index in [0.29, 0.717) is 11.7 Å². The van der Waals surface area contributed by atoms with Crippen LogP contribution in [0.15, 0.2) is 84.9 Å². The maximum Gasteiger partial charge on any atom is 0.118 e. The highest BCUT2D eigenvalue weighted by Crippen LogP contribution is 2.30. The first-order valence-corrected chi connectivity index (χ1v) is 9.21. The molecule has 3 aromatic rings.